The van der Waals surface area contributed by atoms with Gasteiger partial charge in [-0.05, 0) is 38.1 Å². The third-order valence-electron chi connectivity index (χ3n) is 3.72. The van der Waals surface area contributed by atoms with Crippen molar-refractivity contribution < 1.29 is 9.13 Å². The van der Waals surface area contributed by atoms with E-state index in [4.69, 9.17) is 4.74 Å². The largest absolute Gasteiger partial charge is 0.381 e. The highest BCUT2D eigenvalue weighted by atomic mass is 19.1. The van der Waals surface area contributed by atoms with Crippen LogP contribution in [0.3, 0.4) is 0 Å². The van der Waals surface area contributed by atoms with Gasteiger partial charge >= 0.3 is 0 Å². The van der Waals surface area contributed by atoms with Gasteiger partial charge in [-0.1, -0.05) is 12.8 Å². The first kappa shape index (κ1) is 11.3. The number of halogens is 1. The number of hydrogen-bond acceptors (Lipinski definition) is 2. The normalized spacial score (nSPS) is 27.0. The highest BCUT2D eigenvalue weighted by Gasteiger charge is 2.33. The van der Waals surface area contributed by atoms with E-state index in [9.17, 15) is 4.39 Å². The summed E-state index contributed by atoms with van der Waals surface area (Å²) in [7, 11) is 0. The summed E-state index contributed by atoms with van der Waals surface area (Å²) in [6.07, 6.45) is 5.91. The average molecular weight is 215 g/mol. The highest BCUT2D eigenvalue weighted by Crippen LogP contribution is 2.32. The van der Waals surface area contributed by atoms with Crippen LogP contribution in [0.2, 0.25) is 0 Å². The van der Waals surface area contributed by atoms with Gasteiger partial charge in [0, 0.05) is 19.8 Å². The lowest BCUT2D eigenvalue weighted by molar-refractivity contribution is 0.0643. The van der Waals surface area contributed by atoms with Crippen LogP contribution in [-0.4, -0.2) is 32.0 Å². The molecular formula is C12H22FNO. The van der Waals surface area contributed by atoms with Crippen LogP contribution in [0.4, 0.5) is 4.39 Å². The average Bonchev–Trinajstić information content (AvgIpc) is 2.67. The summed E-state index contributed by atoms with van der Waals surface area (Å²) in [6.45, 7) is 3.29. The Morgan fingerprint density at radius 2 is 1.87 bits per heavy atom. The van der Waals surface area contributed by atoms with Gasteiger partial charge < -0.3 is 10.1 Å². The van der Waals surface area contributed by atoms with Gasteiger partial charge in [0.25, 0.3) is 0 Å². The van der Waals surface area contributed by atoms with Gasteiger partial charge in [0.1, 0.15) is 5.67 Å². The smallest absolute Gasteiger partial charge is 0.123 e. The van der Waals surface area contributed by atoms with Crippen molar-refractivity contribution in [3.8, 4) is 0 Å². The molecule has 1 aliphatic carbocycles. The zero-order valence-electron chi connectivity index (χ0n) is 9.43. The topological polar surface area (TPSA) is 21.3 Å². The Hall–Kier alpha value is -0.150. The Balaban J connectivity index is 1.61. The number of alkyl halides is 1. The van der Waals surface area contributed by atoms with Crippen molar-refractivity contribution in [2.75, 3.05) is 26.3 Å². The van der Waals surface area contributed by atoms with Crippen LogP contribution in [-0.2, 0) is 4.74 Å². The van der Waals surface area contributed by atoms with E-state index >= 15 is 0 Å². The third kappa shape index (κ3) is 3.42. The minimum Gasteiger partial charge on any atom is -0.381 e. The summed E-state index contributed by atoms with van der Waals surface area (Å²) < 4.78 is 19.3. The van der Waals surface area contributed by atoms with E-state index in [0.717, 1.165) is 58.3 Å². The summed E-state index contributed by atoms with van der Waals surface area (Å²) in [6, 6.07) is 0. The minimum atomic E-state index is -0.898. The first-order valence-corrected chi connectivity index (χ1v) is 6.26. The fourth-order valence-electron chi connectivity index (χ4n) is 2.64. The molecule has 88 valence electrons. The van der Waals surface area contributed by atoms with Crippen molar-refractivity contribution in [1.82, 2.24) is 5.32 Å². The molecule has 15 heavy (non-hydrogen) atoms. The van der Waals surface area contributed by atoms with Crippen molar-refractivity contribution in [3.05, 3.63) is 0 Å². The molecule has 2 rings (SSSR count). The predicted molar refractivity (Wildman–Crippen MR) is 58.7 cm³/mol. The second-order valence-corrected chi connectivity index (χ2v) is 5.04. The maximum Gasteiger partial charge on any atom is 0.123 e. The van der Waals surface area contributed by atoms with Gasteiger partial charge in [0.2, 0.25) is 0 Å². The van der Waals surface area contributed by atoms with Crippen LogP contribution in [0.5, 0.6) is 0 Å². The molecule has 0 aromatic carbocycles. The van der Waals surface area contributed by atoms with Gasteiger partial charge in [-0.25, -0.2) is 4.39 Å². The number of ether oxygens (including phenoxy) is 1. The van der Waals surface area contributed by atoms with E-state index in [1.807, 2.05) is 0 Å². The Morgan fingerprint density at radius 3 is 2.53 bits per heavy atom. The van der Waals surface area contributed by atoms with E-state index < -0.39 is 5.67 Å². The lowest BCUT2D eigenvalue weighted by Gasteiger charge is -2.25. The van der Waals surface area contributed by atoms with Gasteiger partial charge in [-0.2, -0.15) is 0 Å². The molecule has 2 aliphatic rings. The minimum absolute atomic E-state index is 0.560. The fourth-order valence-corrected chi connectivity index (χ4v) is 2.64. The van der Waals surface area contributed by atoms with E-state index in [1.165, 1.54) is 0 Å². The van der Waals surface area contributed by atoms with E-state index in [2.05, 4.69) is 5.32 Å². The summed E-state index contributed by atoms with van der Waals surface area (Å²) in [5.74, 6) is 0.698. The zero-order chi connectivity index (χ0) is 10.6. The lowest BCUT2D eigenvalue weighted by atomic mass is 9.99. The molecule has 1 saturated heterocycles. The number of hydrogen-bond donors (Lipinski definition) is 1. The Kier molecular flexibility index (Phi) is 3.98. The molecule has 0 aromatic heterocycles. The van der Waals surface area contributed by atoms with Crippen LogP contribution in [0.25, 0.3) is 0 Å². The number of nitrogens with one attached hydrogen (secondary N) is 1. The second kappa shape index (κ2) is 5.26. The molecule has 0 aromatic rings. The fraction of sp³-hybridized carbons (Fsp3) is 1.00. The molecule has 3 heteroatoms. The van der Waals surface area contributed by atoms with Crippen molar-refractivity contribution in [2.45, 2.75) is 44.2 Å². The Bertz CT molecular complexity index is 186. The van der Waals surface area contributed by atoms with Gasteiger partial charge in [0.15, 0.2) is 0 Å². The molecule has 1 aliphatic heterocycles. The van der Waals surface area contributed by atoms with Crippen molar-refractivity contribution >= 4 is 0 Å². The standard InChI is InChI=1S/C12H22FNO/c13-12(5-1-2-6-12)10-14-9-11-3-7-15-8-4-11/h11,14H,1-10H2. The molecular weight excluding hydrogens is 193 g/mol. The predicted octanol–water partition coefficient (Wildman–Crippen LogP) is 2.28. The SMILES string of the molecule is FC1(CNCC2CCOCC2)CCCC1. The lowest BCUT2D eigenvalue weighted by Crippen LogP contribution is -2.37. The number of rotatable bonds is 4. The Labute approximate surface area is 91.6 Å². The molecule has 1 saturated carbocycles. The monoisotopic (exact) mass is 215 g/mol. The molecule has 2 nitrogen and oxygen atoms in total. The molecule has 0 unspecified atom stereocenters. The van der Waals surface area contributed by atoms with Crippen molar-refractivity contribution in [2.24, 2.45) is 5.92 Å². The molecule has 0 radical (unpaired) electrons. The van der Waals surface area contributed by atoms with E-state index in [0.29, 0.717) is 12.5 Å². The second-order valence-electron chi connectivity index (χ2n) is 5.04. The van der Waals surface area contributed by atoms with Crippen LogP contribution < -0.4 is 5.32 Å². The van der Waals surface area contributed by atoms with Crippen molar-refractivity contribution in [3.63, 3.8) is 0 Å². The molecule has 0 atom stereocenters. The molecule has 0 bridgehead atoms. The van der Waals surface area contributed by atoms with Gasteiger partial charge in [-0.3, -0.25) is 0 Å². The summed E-state index contributed by atoms with van der Waals surface area (Å²) in [4.78, 5) is 0. The molecule has 2 fully saturated rings. The van der Waals surface area contributed by atoms with Crippen molar-refractivity contribution in [1.29, 1.82) is 0 Å². The summed E-state index contributed by atoms with van der Waals surface area (Å²) in [5.41, 5.74) is -0.898. The van der Waals surface area contributed by atoms with Gasteiger partial charge in [0.05, 0.1) is 0 Å². The van der Waals surface area contributed by atoms with Crippen LogP contribution in [0, 0.1) is 5.92 Å². The molecule has 1 heterocycles. The molecule has 1 N–H and O–H groups in total. The highest BCUT2D eigenvalue weighted by molar-refractivity contribution is 4.87. The maximum atomic E-state index is 14.0. The van der Waals surface area contributed by atoms with Crippen LogP contribution >= 0.6 is 0 Å². The van der Waals surface area contributed by atoms with E-state index in [1.54, 1.807) is 0 Å². The quantitative estimate of drug-likeness (QED) is 0.777. The summed E-state index contributed by atoms with van der Waals surface area (Å²) in [5, 5.41) is 3.31. The molecule has 0 spiro atoms. The first-order chi connectivity index (χ1) is 7.29. The van der Waals surface area contributed by atoms with Gasteiger partial charge in [-0.15, -0.1) is 0 Å². The first-order valence-electron chi connectivity index (χ1n) is 6.26. The maximum absolute atomic E-state index is 14.0. The van der Waals surface area contributed by atoms with Crippen LogP contribution in [0.1, 0.15) is 38.5 Å². The third-order valence-corrected chi connectivity index (χ3v) is 3.72. The zero-order valence-corrected chi connectivity index (χ0v) is 9.43. The molecule has 0 amide bonds. The van der Waals surface area contributed by atoms with Crippen LogP contribution in [0.15, 0.2) is 0 Å². The Morgan fingerprint density at radius 1 is 1.20 bits per heavy atom. The van der Waals surface area contributed by atoms with E-state index in [-0.39, 0.29) is 0 Å². The summed E-state index contributed by atoms with van der Waals surface area (Å²) >= 11 is 0.